The van der Waals surface area contributed by atoms with Crippen molar-refractivity contribution < 1.29 is 19.4 Å². The lowest BCUT2D eigenvalue weighted by atomic mass is 9.82. The molecule has 0 bridgehead atoms. The number of nitrogens with one attached hydrogen (secondary N) is 2. The Kier molecular flexibility index (Phi) is 3.48. The maximum absolute atomic E-state index is 13.2. The molecular weight excluding hydrogens is 322 g/mol. The highest BCUT2D eigenvalue weighted by molar-refractivity contribution is 6.25. The maximum atomic E-state index is 13.2. The van der Waals surface area contributed by atoms with E-state index in [-0.39, 0.29) is 30.3 Å². The number of Topliss-reactive ketones (excluding diaryl/α,β-unsaturated/α-hetero) is 2. The highest BCUT2D eigenvalue weighted by Gasteiger charge is 2.72. The quantitative estimate of drug-likeness (QED) is 0.349. The molecule has 7 heteroatoms. The summed E-state index contributed by atoms with van der Waals surface area (Å²) in [4.78, 5) is 28.1. The molecule has 4 aliphatic rings. The topological polar surface area (TPSA) is 101 Å². The number of ketones is 2. The number of fused-ring (bicyclic) bond motifs is 4. The first-order valence-electron chi connectivity index (χ1n) is 8.50. The van der Waals surface area contributed by atoms with Gasteiger partial charge in [-0.1, -0.05) is 12.2 Å². The van der Waals surface area contributed by atoms with Gasteiger partial charge in [0.25, 0.3) is 0 Å². The van der Waals surface area contributed by atoms with Crippen molar-refractivity contribution >= 4 is 11.6 Å². The van der Waals surface area contributed by atoms with Crippen LogP contribution in [0.15, 0.2) is 34.7 Å². The number of ether oxygens (including phenoxy) is 1. The van der Waals surface area contributed by atoms with Crippen molar-refractivity contribution in [2.24, 2.45) is 5.92 Å². The van der Waals surface area contributed by atoms with E-state index in [4.69, 9.17) is 4.74 Å². The molecule has 0 aromatic carbocycles. The Balaban J connectivity index is 1.78. The minimum atomic E-state index is -0.862. The summed E-state index contributed by atoms with van der Waals surface area (Å²) in [5.41, 5.74) is 1.48. The van der Waals surface area contributed by atoms with Crippen molar-refractivity contribution in [3.05, 3.63) is 34.7 Å². The second-order valence-electron chi connectivity index (χ2n) is 7.28. The SMILES string of the molecule is C=C(C)CNC1=C(C)C(=O)C2=C(C1=O)C(CO)C1(OC)C3NC3CN21. The van der Waals surface area contributed by atoms with Crippen LogP contribution in [0.3, 0.4) is 0 Å². The van der Waals surface area contributed by atoms with Crippen LogP contribution < -0.4 is 10.6 Å². The normalized spacial score (nSPS) is 35.8. The van der Waals surface area contributed by atoms with E-state index in [9.17, 15) is 14.7 Å². The van der Waals surface area contributed by atoms with E-state index in [1.54, 1.807) is 14.0 Å². The highest BCUT2D eigenvalue weighted by Crippen LogP contribution is 2.55. The standard InChI is InChI=1S/C18H23N3O4/c1-8(2)5-19-13-9(3)15(23)14-12(16(13)24)10(7-22)18(25-4)17-11(20-17)6-21(14)18/h10-11,17,19-20,22H,1,5-7H2,2-4H3. The van der Waals surface area contributed by atoms with E-state index in [2.05, 4.69) is 17.2 Å². The summed E-state index contributed by atoms with van der Waals surface area (Å²) < 4.78 is 5.84. The third kappa shape index (κ3) is 1.91. The van der Waals surface area contributed by atoms with Gasteiger partial charge >= 0.3 is 0 Å². The fourth-order valence-corrected chi connectivity index (χ4v) is 4.60. The van der Waals surface area contributed by atoms with Gasteiger partial charge in [0.15, 0.2) is 5.72 Å². The van der Waals surface area contributed by atoms with Crippen LogP contribution in [0.1, 0.15) is 13.8 Å². The largest absolute Gasteiger partial charge is 0.396 e. The van der Waals surface area contributed by atoms with Crippen molar-refractivity contribution in [1.29, 1.82) is 0 Å². The molecule has 1 aliphatic carbocycles. The molecule has 134 valence electrons. The molecule has 0 amide bonds. The van der Waals surface area contributed by atoms with Gasteiger partial charge in [0.05, 0.1) is 30.0 Å². The van der Waals surface area contributed by atoms with Crippen LogP contribution in [0.4, 0.5) is 0 Å². The summed E-state index contributed by atoms with van der Waals surface area (Å²) in [6.45, 7) is 8.12. The smallest absolute Gasteiger partial charge is 0.208 e. The van der Waals surface area contributed by atoms with Crippen LogP contribution in [0.2, 0.25) is 0 Å². The van der Waals surface area contributed by atoms with Crippen LogP contribution in [0, 0.1) is 5.92 Å². The lowest BCUT2D eigenvalue weighted by Gasteiger charge is -2.39. The van der Waals surface area contributed by atoms with Gasteiger partial charge in [-0.05, 0) is 13.8 Å². The highest BCUT2D eigenvalue weighted by atomic mass is 16.5. The molecule has 4 unspecified atom stereocenters. The van der Waals surface area contributed by atoms with E-state index in [0.29, 0.717) is 35.6 Å². The van der Waals surface area contributed by atoms with Crippen LogP contribution in [-0.4, -0.2) is 66.2 Å². The van der Waals surface area contributed by atoms with Crippen molar-refractivity contribution in [2.45, 2.75) is 31.7 Å². The summed E-state index contributed by atoms with van der Waals surface area (Å²) in [7, 11) is 1.58. The Morgan fingerprint density at radius 3 is 2.80 bits per heavy atom. The zero-order valence-corrected chi connectivity index (χ0v) is 14.7. The molecule has 4 atom stereocenters. The van der Waals surface area contributed by atoms with Gasteiger partial charge in [0, 0.05) is 37.4 Å². The minimum absolute atomic E-state index is 0.0213. The van der Waals surface area contributed by atoms with Gasteiger partial charge in [-0.2, -0.15) is 0 Å². The van der Waals surface area contributed by atoms with Gasteiger partial charge < -0.3 is 25.4 Å². The number of hydrogen-bond donors (Lipinski definition) is 3. The number of rotatable bonds is 5. The van der Waals surface area contributed by atoms with E-state index in [1.807, 2.05) is 11.8 Å². The molecule has 3 heterocycles. The van der Waals surface area contributed by atoms with Gasteiger partial charge in [-0.15, -0.1) is 0 Å². The minimum Gasteiger partial charge on any atom is -0.396 e. The molecule has 0 saturated carbocycles. The Hall–Kier alpha value is -1.96. The zero-order valence-electron chi connectivity index (χ0n) is 14.7. The molecule has 0 spiro atoms. The van der Waals surface area contributed by atoms with E-state index >= 15 is 0 Å². The summed E-state index contributed by atoms with van der Waals surface area (Å²) in [5, 5.41) is 16.5. The Morgan fingerprint density at radius 2 is 2.20 bits per heavy atom. The zero-order chi connectivity index (χ0) is 18.1. The molecule has 2 fully saturated rings. The van der Waals surface area contributed by atoms with Crippen LogP contribution in [0.5, 0.6) is 0 Å². The predicted octanol–water partition coefficient (Wildman–Crippen LogP) is -0.547. The Labute approximate surface area is 146 Å². The third-order valence-electron chi connectivity index (χ3n) is 5.79. The first kappa shape index (κ1) is 16.5. The summed E-state index contributed by atoms with van der Waals surface area (Å²) in [5.74, 6) is -0.948. The van der Waals surface area contributed by atoms with Crippen molar-refractivity contribution in [3.63, 3.8) is 0 Å². The van der Waals surface area contributed by atoms with Gasteiger partial charge in [-0.25, -0.2) is 0 Å². The number of aliphatic hydroxyl groups is 1. The average Bonchev–Trinajstić information content (AvgIpc) is 3.18. The van der Waals surface area contributed by atoms with E-state index in [1.165, 1.54) is 0 Å². The average molecular weight is 345 g/mol. The van der Waals surface area contributed by atoms with Crippen LogP contribution >= 0.6 is 0 Å². The first-order valence-corrected chi connectivity index (χ1v) is 8.50. The van der Waals surface area contributed by atoms with E-state index in [0.717, 1.165) is 5.57 Å². The molecule has 7 nitrogen and oxygen atoms in total. The molecule has 25 heavy (non-hydrogen) atoms. The first-order chi connectivity index (χ1) is 11.9. The van der Waals surface area contributed by atoms with Crippen molar-refractivity contribution in [2.75, 3.05) is 26.8 Å². The maximum Gasteiger partial charge on any atom is 0.208 e. The molecule has 3 aliphatic heterocycles. The summed E-state index contributed by atoms with van der Waals surface area (Å²) in [6.07, 6.45) is 0. The fourth-order valence-electron chi connectivity index (χ4n) is 4.60. The van der Waals surface area contributed by atoms with Crippen molar-refractivity contribution in [3.8, 4) is 0 Å². The Morgan fingerprint density at radius 1 is 1.48 bits per heavy atom. The number of piperazine rings is 1. The number of carbonyl (C=O) groups excluding carboxylic acids is 2. The summed E-state index contributed by atoms with van der Waals surface area (Å²) >= 11 is 0. The van der Waals surface area contributed by atoms with Crippen LogP contribution in [0.25, 0.3) is 0 Å². The monoisotopic (exact) mass is 345 g/mol. The van der Waals surface area contributed by atoms with Gasteiger partial charge in [-0.3, -0.25) is 9.59 Å². The van der Waals surface area contributed by atoms with Gasteiger partial charge in [0.2, 0.25) is 11.6 Å². The molecule has 4 rings (SSSR count). The fraction of sp³-hybridized carbons (Fsp3) is 0.556. The lowest BCUT2D eigenvalue weighted by molar-refractivity contribution is -0.137. The number of carbonyl (C=O) groups is 2. The molecule has 2 saturated heterocycles. The van der Waals surface area contributed by atoms with Crippen LogP contribution in [-0.2, 0) is 14.3 Å². The lowest BCUT2D eigenvalue weighted by Crippen LogP contribution is -2.54. The summed E-state index contributed by atoms with van der Waals surface area (Å²) in [6, 6.07) is 0.256. The molecule has 3 N–H and O–H groups in total. The van der Waals surface area contributed by atoms with Gasteiger partial charge in [0.1, 0.15) is 0 Å². The third-order valence-corrected chi connectivity index (χ3v) is 5.79. The number of methoxy groups -OCH3 is 1. The molecular formula is C18H23N3O4. The molecule has 0 aromatic heterocycles. The predicted molar refractivity (Wildman–Crippen MR) is 90.3 cm³/mol. The number of nitrogens with zero attached hydrogens (tertiary/aromatic N) is 1. The number of aliphatic hydroxyl groups excluding tert-OH is 1. The number of allylic oxidation sites excluding steroid dienone is 2. The number of hydrogen-bond acceptors (Lipinski definition) is 7. The Bertz CT molecular complexity index is 768. The molecule has 0 radical (unpaired) electrons. The van der Waals surface area contributed by atoms with E-state index < -0.39 is 11.6 Å². The second kappa shape index (κ2) is 5.27. The second-order valence-corrected chi connectivity index (χ2v) is 7.28. The molecule has 0 aromatic rings. The van der Waals surface area contributed by atoms with Crippen molar-refractivity contribution in [1.82, 2.24) is 15.5 Å².